The van der Waals surface area contributed by atoms with Crippen LogP contribution < -0.4 is 5.32 Å². The highest BCUT2D eigenvalue weighted by atomic mass is 32.2. The number of nitrogens with one attached hydrogen (secondary N) is 1. The first-order chi connectivity index (χ1) is 16.1. The molecule has 1 atom stereocenters. The van der Waals surface area contributed by atoms with Crippen molar-refractivity contribution in [1.82, 2.24) is 9.21 Å². The summed E-state index contributed by atoms with van der Waals surface area (Å²) in [4.78, 5) is 38.4. The highest BCUT2D eigenvalue weighted by Gasteiger charge is 2.40. The number of ether oxygens (including phenoxy) is 1. The van der Waals surface area contributed by atoms with Crippen molar-refractivity contribution in [3.8, 4) is 0 Å². The van der Waals surface area contributed by atoms with Crippen LogP contribution in [0.15, 0.2) is 53.4 Å². The molecule has 10 heteroatoms. The van der Waals surface area contributed by atoms with Crippen LogP contribution in [0.1, 0.15) is 24.0 Å². The summed E-state index contributed by atoms with van der Waals surface area (Å²) in [6, 6.07) is 12.6. The zero-order chi connectivity index (χ0) is 24.9. The monoisotopic (exact) mass is 487 g/mol. The Balaban J connectivity index is 1.53. The number of hydrogen-bond acceptors (Lipinski definition) is 6. The summed E-state index contributed by atoms with van der Waals surface area (Å²) >= 11 is 0. The first-order valence-electron chi connectivity index (χ1n) is 10.9. The third-order valence-corrected chi connectivity index (χ3v) is 7.51. The van der Waals surface area contributed by atoms with Gasteiger partial charge in [-0.15, -0.1) is 0 Å². The summed E-state index contributed by atoms with van der Waals surface area (Å²) in [5.41, 5.74) is 2.59. The van der Waals surface area contributed by atoms with E-state index in [1.54, 1.807) is 24.3 Å². The Hall–Kier alpha value is -3.24. The van der Waals surface area contributed by atoms with Crippen molar-refractivity contribution in [3.63, 3.8) is 0 Å². The number of nitrogens with zero attached hydrogens (tertiary/aromatic N) is 2. The Kier molecular flexibility index (Phi) is 8.06. The largest absolute Gasteiger partial charge is 0.454 e. The fourth-order valence-electron chi connectivity index (χ4n) is 3.59. The molecule has 1 fully saturated rings. The van der Waals surface area contributed by atoms with Crippen LogP contribution in [0.3, 0.4) is 0 Å². The van der Waals surface area contributed by atoms with E-state index in [4.69, 9.17) is 4.74 Å². The van der Waals surface area contributed by atoms with Gasteiger partial charge in [0.25, 0.3) is 5.91 Å². The van der Waals surface area contributed by atoms with Crippen molar-refractivity contribution in [2.24, 2.45) is 0 Å². The molecule has 3 rings (SSSR count). The molecule has 0 bridgehead atoms. The quantitative estimate of drug-likeness (QED) is 0.571. The highest BCUT2D eigenvalue weighted by molar-refractivity contribution is 7.89. The summed E-state index contributed by atoms with van der Waals surface area (Å²) < 4.78 is 32.3. The minimum absolute atomic E-state index is 0.105. The van der Waals surface area contributed by atoms with Crippen LogP contribution in [0.25, 0.3) is 0 Å². The van der Waals surface area contributed by atoms with Gasteiger partial charge in [0.2, 0.25) is 15.9 Å². The summed E-state index contributed by atoms with van der Waals surface area (Å²) in [6.07, 6.45) is 0.824. The SMILES string of the molecule is Cc1ccc(NC(=O)CN(C)C(=O)COC(=O)[C@@H]2CCCN2S(=O)(=O)c2ccc(C)cc2)cc1. The number of aryl methyl sites for hydroxylation is 2. The van der Waals surface area contributed by atoms with Crippen molar-refractivity contribution in [1.29, 1.82) is 0 Å². The third-order valence-electron chi connectivity index (χ3n) is 5.58. The molecule has 2 aromatic rings. The Morgan fingerprint density at radius 2 is 1.62 bits per heavy atom. The van der Waals surface area contributed by atoms with Crippen molar-refractivity contribution < 1.29 is 27.5 Å². The fraction of sp³-hybridized carbons (Fsp3) is 0.375. The number of benzene rings is 2. The second kappa shape index (κ2) is 10.8. The molecule has 1 aliphatic rings. The lowest BCUT2D eigenvalue weighted by Gasteiger charge is -2.23. The number of carbonyl (C=O) groups excluding carboxylic acids is 3. The van der Waals surface area contributed by atoms with Gasteiger partial charge in [-0.05, 0) is 51.0 Å². The molecule has 0 saturated carbocycles. The molecule has 9 nitrogen and oxygen atoms in total. The van der Waals surface area contributed by atoms with E-state index in [-0.39, 0.29) is 18.0 Å². The fourth-order valence-corrected chi connectivity index (χ4v) is 5.24. The minimum Gasteiger partial charge on any atom is -0.454 e. The van der Waals surface area contributed by atoms with Gasteiger partial charge in [0.05, 0.1) is 11.4 Å². The van der Waals surface area contributed by atoms with Crippen molar-refractivity contribution >= 4 is 33.5 Å². The van der Waals surface area contributed by atoms with Gasteiger partial charge in [0.15, 0.2) is 6.61 Å². The number of hydrogen-bond donors (Lipinski definition) is 1. The predicted molar refractivity (Wildman–Crippen MR) is 126 cm³/mol. The lowest BCUT2D eigenvalue weighted by molar-refractivity contribution is -0.154. The second-order valence-corrected chi connectivity index (χ2v) is 10.2. The smallest absolute Gasteiger partial charge is 0.324 e. The molecule has 1 N–H and O–H groups in total. The van der Waals surface area contributed by atoms with Crippen LogP contribution >= 0.6 is 0 Å². The Bertz CT molecular complexity index is 1150. The first-order valence-corrected chi connectivity index (χ1v) is 12.4. The van der Waals surface area contributed by atoms with Gasteiger partial charge in [-0.2, -0.15) is 4.31 Å². The molecule has 34 heavy (non-hydrogen) atoms. The van der Waals surface area contributed by atoms with Gasteiger partial charge in [-0.1, -0.05) is 35.4 Å². The van der Waals surface area contributed by atoms with Crippen LogP contribution in [-0.4, -0.2) is 68.2 Å². The topological polar surface area (TPSA) is 113 Å². The average molecular weight is 488 g/mol. The minimum atomic E-state index is -3.87. The molecule has 0 unspecified atom stereocenters. The van der Waals surface area contributed by atoms with E-state index in [2.05, 4.69) is 5.32 Å². The Morgan fingerprint density at radius 1 is 1.03 bits per heavy atom. The molecule has 1 aliphatic heterocycles. The molecular formula is C24H29N3O6S. The lowest BCUT2D eigenvalue weighted by Crippen LogP contribution is -2.43. The van der Waals surface area contributed by atoms with E-state index in [1.165, 1.54) is 19.2 Å². The van der Waals surface area contributed by atoms with Crippen molar-refractivity contribution in [2.75, 3.05) is 32.1 Å². The standard InChI is InChI=1S/C24H29N3O6S/c1-17-6-10-19(11-7-17)25-22(28)15-26(3)23(29)16-33-24(30)21-5-4-14-27(21)34(31,32)20-12-8-18(2)9-13-20/h6-13,21H,4-5,14-16H2,1-3H3,(H,25,28)/t21-/m0/s1. The highest BCUT2D eigenvalue weighted by Crippen LogP contribution is 2.27. The molecule has 1 heterocycles. The van der Waals surface area contributed by atoms with E-state index >= 15 is 0 Å². The molecule has 0 aromatic heterocycles. The van der Waals surface area contributed by atoms with Crippen LogP contribution in [0.5, 0.6) is 0 Å². The van der Waals surface area contributed by atoms with Gasteiger partial charge in [-0.3, -0.25) is 14.4 Å². The van der Waals surface area contributed by atoms with E-state index in [1.807, 2.05) is 26.0 Å². The van der Waals surface area contributed by atoms with Gasteiger partial charge in [0.1, 0.15) is 6.04 Å². The van der Waals surface area contributed by atoms with Crippen LogP contribution in [-0.2, 0) is 29.1 Å². The number of likely N-dealkylation sites (N-methyl/N-ethyl adjacent to an activating group) is 1. The molecule has 2 aromatic carbocycles. The normalized spacial score (nSPS) is 16.1. The predicted octanol–water partition coefficient (Wildman–Crippen LogP) is 2.10. The van der Waals surface area contributed by atoms with Crippen molar-refractivity contribution in [2.45, 2.75) is 37.6 Å². The molecule has 0 spiro atoms. The number of rotatable bonds is 8. The molecular weight excluding hydrogens is 458 g/mol. The molecule has 182 valence electrons. The van der Waals surface area contributed by atoms with E-state index in [0.717, 1.165) is 20.3 Å². The Labute approximate surface area is 199 Å². The summed E-state index contributed by atoms with van der Waals surface area (Å²) in [5, 5.41) is 2.69. The van der Waals surface area contributed by atoms with Gasteiger partial charge < -0.3 is 15.0 Å². The van der Waals surface area contributed by atoms with E-state index < -0.39 is 40.5 Å². The zero-order valence-electron chi connectivity index (χ0n) is 19.5. The summed E-state index contributed by atoms with van der Waals surface area (Å²) in [7, 11) is -2.44. The van der Waals surface area contributed by atoms with Crippen LogP contribution in [0.4, 0.5) is 5.69 Å². The van der Waals surface area contributed by atoms with Gasteiger partial charge >= 0.3 is 5.97 Å². The zero-order valence-corrected chi connectivity index (χ0v) is 20.3. The number of esters is 1. The first kappa shape index (κ1) is 25.4. The lowest BCUT2D eigenvalue weighted by atomic mass is 10.2. The van der Waals surface area contributed by atoms with Crippen molar-refractivity contribution in [3.05, 3.63) is 59.7 Å². The number of carbonyl (C=O) groups is 3. The second-order valence-electron chi connectivity index (χ2n) is 8.36. The van der Waals surface area contributed by atoms with Gasteiger partial charge in [-0.25, -0.2) is 8.42 Å². The third kappa shape index (κ3) is 6.21. The molecule has 1 saturated heterocycles. The summed E-state index contributed by atoms with van der Waals surface area (Å²) in [5.74, 6) is -1.74. The van der Waals surface area contributed by atoms with Crippen LogP contribution in [0, 0.1) is 13.8 Å². The number of anilines is 1. The maximum Gasteiger partial charge on any atom is 0.324 e. The van der Waals surface area contributed by atoms with E-state index in [9.17, 15) is 22.8 Å². The molecule has 0 aliphatic carbocycles. The number of sulfonamides is 1. The average Bonchev–Trinajstić information content (AvgIpc) is 3.30. The maximum atomic E-state index is 13.0. The van der Waals surface area contributed by atoms with Crippen LogP contribution in [0.2, 0.25) is 0 Å². The summed E-state index contributed by atoms with van der Waals surface area (Å²) in [6.45, 7) is 3.18. The molecule has 0 radical (unpaired) electrons. The Morgan fingerprint density at radius 3 is 2.24 bits per heavy atom. The molecule has 2 amide bonds. The maximum absolute atomic E-state index is 13.0. The van der Waals surface area contributed by atoms with E-state index in [0.29, 0.717) is 18.5 Å². The number of amides is 2. The van der Waals surface area contributed by atoms with Gasteiger partial charge in [0, 0.05) is 19.3 Å².